The van der Waals surface area contributed by atoms with Crippen molar-refractivity contribution >= 4 is 0 Å². The number of hydrogen-bond donors (Lipinski definition) is 1. The summed E-state index contributed by atoms with van der Waals surface area (Å²) in [5.74, 6) is 2.46. The summed E-state index contributed by atoms with van der Waals surface area (Å²) in [6.07, 6.45) is 7.81. The molecule has 0 radical (unpaired) electrons. The molecule has 0 saturated heterocycles. The molecule has 1 rings (SSSR count). The first-order valence-corrected chi connectivity index (χ1v) is 4.81. The molecule has 0 aromatic carbocycles. The highest BCUT2D eigenvalue weighted by Gasteiger charge is 2.15. The highest BCUT2D eigenvalue weighted by atomic mass is 15.3. The second-order valence-corrected chi connectivity index (χ2v) is 3.21. The fourth-order valence-corrected chi connectivity index (χ4v) is 1.45. The van der Waals surface area contributed by atoms with Gasteiger partial charge >= 0.3 is 0 Å². The minimum absolute atomic E-state index is 0.371. The third kappa shape index (κ3) is 2.59. The molecule has 1 aromatic heterocycles. The maximum atomic E-state index is 9.02. The zero-order chi connectivity index (χ0) is 11.3. The molecule has 15 heavy (non-hydrogen) atoms. The fraction of sp³-hybridized carbons (Fsp3) is 0.455. The summed E-state index contributed by atoms with van der Waals surface area (Å²) < 4.78 is 1.72. The maximum absolute atomic E-state index is 9.02. The van der Waals surface area contributed by atoms with Crippen LogP contribution >= 0.6 is 0 Å². The van der Waals surface area contributed by atoms with Gasteiger partial charge in [0.25, 0.3) is 0 Å². The van der Waals surface area contributed by atoms with E-state index in [0.717, 1.165) is 17.7 Å². The summed E-state index contributed by atoms with van der Waals surface area (Å²) in [5, 5.41) is 16.3. The Bertz CT molecular complexity index is 405. The van der Waals surface area contributed by atoms with Crippen LogP contribution in [0.3, 0.4) is 0 Å². The van der Waals surface area contributed by atoms with Crippen molar-refractivity contribution in [2.24, 2.45) is 7.05 Å². The Balaban J connectivity index is 2.92. The summed E-state index contributed by atoms with van der Waals surface area (Å²) in [7, 11) is 1.85. The molecule has 1 unspecified atom stereocenters. The highest BCUT2D eigenvalue weighted by molar-refractivity contribution is 5.26. The molecule has 0 amide bonds. The number of aryl methyl sites for hydroxylation is 2. The lowest BCUT2D eigenvalue weighted by atomic mass is 10.1. The van der Waals surface area contributed by atoms with Gasteiger partial charge in [0.15, 0.2) is 0 Å². The third-order valence-electron chi connectivity index (χ3n) is 2.12. The van der Waals surface area contributed by atoms with Crippen molar-refractivity contribution in [2.45, 2.75) is 19.4 Å². The van der Waals surface area contributed by atoms with E-state index in [1.54, 1.807) is 4.68 Å². The number of aromatic nitrogens is 2. The third-order valence-corrected chi connectivity index (χ3v) is 2.12. The lowest BCUT2D eigenvalue weighted by Gasteiger charge is -2.08. The molecule has 0 bridgehead atoms. The van der Waals surface area contributed by atoms with Gasteiger partial charge in [-0.05, 0) is 6.42 Å². The molecule has 1 aromatic rings. The number of nitrogens with zero attached hydrogens (tertiary/aromatic N) is 3. The van der Waals surface area contributed by atoms with Crippen LogP contribution in [0.2, 0.25) is 0 Å². The Kier molecular flexibility index (Phi) is 3.91. The van der Waals surface area contributed by atoms with Crippen LogP contribution in [0.5, 0.6) is 0 Å². The van der Waals surface area contributed by atoms with E-state index >= 15 is 0 Å². The van der Waals surface area contributed by atoms with Crippen molar-refractivity contribution in [3.63, 3.8) is 0 Å². The van der Waals surface area contributed by atoms with Crippen LogP contribution in [0.25, 0.3) is 0 Å². The van der Waals surface area contributed by atoms with Gasteiger partial charge in [0.2, 0.25) is 0 Å². The van der Waals surface area contributed by atoms with Crippen LogP contribution in [0.15, 0.2) is 6.20 Å². The van der Waals surface area contributed by atoms with Gasteiger partial charge in [0.1, 0.15) is 6.04 Å². The van der Waals surface area contributed by atoms with Crippen molar-refractivity contribution in [3.8, 4) is 18.4 Å². The maximum Gasteiger partial charge on any atom is 0.125 e. The number of terminal acetylenes is 1. The standard InChI is InChI=1S/C11H14N4/c1-4-6-13-11(7-12)9-8-15(3)14-10(9)5-2/h1,8,11,13H,5-6H2,2-3H3. The molecule has 0 aliphatic heterocycles. The van der Waals surface area contributed by atoms with E-state index in [9.17, 15) is 0 Å². The van der Waals surface area contributed by atoms with E-state index in [1.165, 1.54) is 0 Å². The zero-order valence-electron chi connectivity index (χ0n) is 8.99. The summed E-state index contributed by atoms with van der Waals surface area (Å²) in [6, 6.07) is 1.81. The van der Waals surface area contributed by atoms with Crippen molar-refractivity contribution in [2.75, 3.05) is 6.54 Å². The van der Waals surface area contributed by atoms with Gasteiger partial charge in [-0.1, -0.05) is 12.8 Å². The molecular formula is C11H14N4. The Morgan fingerprint density at radius 1 is 1.73 bits per heavy atom. The molecule has 0 aliphatic carbocycles. The summed E-state index contributed by atoms with van der Waals surface area (Å²) in [5.41, 5.74) is 1.85. The monoisotopic (exact) mass is 202 g/mol. The fourth-order valence-electron chi connectivity index (χ4n) is 1.45. The molecule has 78 valence electrons. The van der Waals surface area contributed by atoms with E-state index in [-0.39, 0.29) is 6.04 Å². The second-order valence-electron chi connectivity index (χ2n) is 3.21. The van der Waals surface area contributed by atoms with Crippen molar-refractivity contribution < 1.29 is 0 Å². The van der Waals surface area contributed by atoms with Gasteiger partial charge in [0, 0.05) is 18.8 Å². The first kappa shape index (κ1) is 11.3. The van der Waals surface area contributed by atoms with Gasteiger partial charge in [-0.2, -0.15) is 10.4 Å². The molecule has 1 atom stereocenters. The predicted molar refractivity (Wildman–Crippen MR) is 57.8 cm³/mol. The molecule has 4 nitrogen and oxygen atoms in total. The average molecular weight is 202 g/mol. The van der Waals surface area contributed by atoms with E-state index in [1.807, 2.05) is 20.2 Å². The second kappa shape index (κ2) is 5.19. The van der Waals surface area contributed by atoms with Crippen molar-refractivity contribution in [1.29, 1.82) is 5.26 Å². The van der Waals surface area contributed by atoms with Gasteiger partial charge in [-0.15, -0.1) is 6.42 Å². The summed E-state index contributed by atoms with van der Waals surface area (Å²) in [6.45, 7) is 2.40. The average Bonchev–Trinajstić information content (AvgIpc) is 2.61. The van der Waals surface area contributed by atoms with Crippen molar-refractivity contribution in [3.05, 3.63) is 17.5 Å². The molecule has 0 aliphatic rings. The highest BCUT2D eigenvalue weighted by Crippen LogP contribution is 2.16. The Hall–Kier alpha value is -1.78. The normalized spacial score (nSPS) is 11.7. The first-order valence-electron chi connectivity index (χ1n) is 4.81. The van der Waals surface area contributed by atoms with E-state index < -0.39 is 0 Å². The molecule has 4 heteroatoms. The molecule has 0 fully saturated rings. The van der Waals surface area contributed by atoms with Crippen LogP contribution < -0.4 is 5.32 Å². The van der Waals surface area contributed by atoms with Gasteiger partial charge in [-0.25, -0.2) is 0 Å². The van der Waals surface area contributed by atoms with E-state index in [4.69, 9.17) is 11.7 Å². The van der Waals surface area contributed by atoms with Gasteiger partial charge < -0.3 is 0 Å². The van der Waals surface area contributed by atoms with Crippen LogP contribution in [0.1, 0.15) is 24.2 Å². The lowest BCUT2D eigenvalue weighted by molar-refractivity contribution is 0.683. The minimum atomic E-state index is -0.371. The summed E-state index contributed by atoms with van der Waals surface area (Å²) in [4.78, 5) is 0. The predicted octanol–water partition coefficient (Wildman–Crippen LogP) is 0.770. The van der Waals surface area contributed by atoms with Crippen LogP contribution in [-0.4, -0.2) is 16.3 Å². The van der Waals surface area contributed by atoms with Crippen molar-refractivity contribution in [1.82, 2.24) is 15.1 Å². The van der Waals surface area contributed by atoms with E-state index in [0.29, 0.717) is 6.54 Å². The molecule has 0 saturated carbocycles. The molecule has 1 N–H and O–H groups in total. The Labute approximate surface area is 89.9 Å². The molecular weight excluding hydrogens is 188 g/mol. The molecule has 1 heterocycles. The summed E-state index contributed by atoms with van der Waals surface area (Å²) >= 11 is 0. The van der Waals surface area contributed by atoms with E-state index in [2.05, 4.69) is 22.4 Å². The topological polar surface area (TPSA) is 53.6 Å². The number of nitriles is 1. The zero-order valence-corrected chi connectivity index (χ0v) is 8.99. The SMILES string of the molecule is C#CCNC(C#N)c1cn(C)nc1CC. The largest absolute Gasteiger partial charge is 0.287 e. The lowest BCUT2D eigenvalue weighted by Crippen LogP contribution is -2.20. The number of nitrogens with one attached hydrogen (secondary N) is 1. The first-order chi connectivity index (χ1) is 7.22. The van der Waals surface area contributed by atoms with Crippen LogP contribution in [0.4, 0.5) is 0 Å². The van der Waals surface area contributed by atoms with Crippen LogP contribution in [0, 0.1) is 23.7 Å². The van der Waals surface area contributed by atoms with Gasteiger partial charge in [-0.3, -0.25) is 10.00 Å². The molecule has 0 spiro atoms. The van der Waals surface area contributed by atoms with Crippen LogP contribution in [-0.2, 0) is 13.5 Å². The number of rotatable bonds is 4. The Morgan fingerprint density at radius 2 is 2.47 bits per heavy atom. The number of hydrogen-bond acceptors (Lipinski definition) is 3. The Morgan fingerprint density at radius 3 is 3.00 bits per heavy atom. The van der Waals surface area contributed by atoms with Gasteiger partial charge in [0.05, 0.1) is 18.3 Å². The minimum Gasteiger partial charge on any atom is -0.287 e. The quantitative estimate of drug-likeness (QED) is 0.734. The smallest absolute Gasteiger partial charge is 0.125 e.